The van der Waals surface area contributed by atoms with E-state index in [1.165, 1.54) is 55.7 Å². The predicted molar refractivity (Wildman–Crippen MR) is 109 cm³/mol. The highest BCUT2D eigenvalue weighted by Crippen LogP contribution is 2.15. The second-order valence-corrected chi connectivity index (χ2v) is 8.21. The van der Waals surface area contributed by atoms with Gasteiger partial charge < -0.3 is 14.5 Å². The smallest absolute Gasteiger partial charge is 0.338 e. The van der Waals surface area contributed by atoms with Crippen molar-refractivity contribution in [1.29, 1.82) is 0 Å². The van der Waals surface area contributed by atoms with E-state index in [1.807, 2.05) is 0 Å². The molecule has 1 amide bonds. The quantitative estimate of drug-likeness (QED) is 0.514. The summed E-state index contributed by atoms with van der Waals surface area (Å²) in [5.41, 5.74) is 0.0162. The van der Waals surface area contributed by atoms with Crippen LogP contribution in [0.4, 0.5) is 10.1 Å². The molecule has 0 saturated carbocycles. The summed E-state index contributed by atoms with van der Waals surface area (Å²) in [4.78, 5) is 24.3. The Labute approximate surface area is 178 Å². The standard InChI is InChI=1S/C21H19FN2O6S/c1-14(20(25)24-19-7-3-2-6-18(19)22)30-21(26)15-8-10-17(11-9-15)31(27,28)23-13-16-5-4-12-29-16/h2-12,14,23H,13H2,1H3,(H,24,25)/t14-/m0/s1. The Balaban J connectivity index is 1.59. The largest absolute Gasteiger partial charge is 0.468 e. The number of furan rings is 1. The van der Waals surface area contributed by atoms with E-state index in [2.05, 4.69) is 10.0 Å². The number of para-hydroxylation sites is 1. The third kappa shape index (κ3) is 5.77. The number of nitrogens with one attached hydrogen (secondary N) is 2. The van der Waals surface area contributed by atoms with E-state index in [0.29, 0.717) is 5.76 Å². The molecule has 10 heteroatoms. The Bertz CT molecular complexity index is 1160. The van der Waals surface area contributed by atoms with Crippen LogP contribution in [-0.4, -0.2) is 26.4 Å². The van der Waals surface area contributed by atoms with Crippen LogP contribution in [0.5, 0.6) is 0 Å². The molecule has 0 bridgehead atoms. The zero-order valence-electron chi connectivity index (χ0n) is 16.4. The van der Waals surface area contributed by atoms with Gasteiger partial charge in [0, 0.05) is 0 Å². The number of sulfonamides is 1. The Morgan fingerprint density at radius 2 is 1.77 bits per heavy atom. The lowest BCUT2D eigenvalue weighted by atomic mass is 10.2. The van der Waals surface area contributed by atoms with E-state index >= 15 is 0 Å². The number of rotatable bonds is 8. The van der Waals surface area contributed by atoms with Crippen molar-refractivity contribution in [2.75, 3.05) is 5.32 Å². The Hall–Kier alpha value is -3.50. The summed E-state index contributed by atoms with van der Waals surface area (Å²) in [5, 5.41) is 2.33. The van der Waals surface area contributed by atoms with Crippen molar-refractivity contribution in [3.05, 3.63) is 84.1 Å². The van der Waals surface area contributed by atoms with Crippen molar-refractivity contribution < 1.29 is 31.6 Å². The maximum absolute atomic E-state index is 13.6. The van der Waals surface area contributed by atoms with E-state index in [4.69, 9.17) is 9.15 Å². The molecule has 0 aliphatic rings. The maximum atomic E-state index is 13.6. The fraction of sp³-hybridized carbons (Fsp3) is 0.143. The van der Waals surface area contributed by atoms with Gasteiger partial charge in [0.25, 0.3) is 5.91 Å². The van der Waals surface area contributed by atoms with Gasteiger partial charge in [0.2, 0.25) is 10.0 Å². The number of amides is 1. The summed E-state index contributed by atoms with van der Waals surface area (Å²) in [6.07, 6.45) is 0.229. The highest BCUT2D eigenvalue weighted by atomic mass is 32.2. The topological polar surface area (TPSA) is 115 Å². The van der Waals surface area contributed by atoms with E-state index < -0.39 is 33.8 Å². The normalized spacial score (nSPS) is 12.2. The summed E-state index contributed by atoms with van der Waals surface area (Å²) in [6.45, 7) is 1.32. The number of carbonyl (C=O) groups excluding carboxylic acids is 2. The van der Waals surface area contributed by atoms with Gasteiger partial charge in [-0.1, -0.05) is 12.1 Å². The van der Waals surface area contributed by atoms with Crippen LogP contribution in [0.1, 0.15) is 23.0 Å². The molecule has 0 spiro atoms. The number of anilines is 1. The molecule has 0 radical (unpaired) electrons. The van der Waals surface area contributed by atoms with E-state index in [9.17, 15) is 22.4 Å². The van der Waals surface area contributed by atoms with Crippen molar-refractivity contribution in [3.63, 3.8) is 0 Å². The average Bonchev–Trinajstić information content (AvgIpc) is 3.28. The molecule has 2 N–H and O–H groups in total. The highest BCUT2D eigenvalue weighted by molar-refractivity contribution is 7.89. The van der Waals surface area contributed by atoms with Crippen molar-refractivity contribution in [1.82, 2.24) is 4.72 Å². The van der Waals surface area contributed by atoms with Crippen molar-refractivity contribution in [2.45, 2.75) is 24.5 Å². The van der Waals surface area contributed by atoms with Gasteiger partial charge in [-0.2, -0.15) is 0 Å². The summed E-state index contributed by atoms with van der Waals surface area (Å²) in [6, 6.07) is 13.9. The second-order valence-electron chi connectivity index (χ2n) is 6.44. The molecule has 0 saturated heterocycles. The molecule has 0 aliphatic heterocycles. The van der Waals surface area contributed by atoms with Gasteiger partial charge in [-0.3, -0.25) is 4.79 Å². The van der Waals surface area contributed by atoms with Crippen LogP contribution in [-0.2, 0) is 26.1 Å². The lowest BCUT2D eigenvalue weighted by Crippen LogP contribution is -2.30. The number of esters is 1. The Kier molecular flexibility index (Phi) is 6.83. The molecule has 1 heterocycles. The van der Waals surface area contributed by atoms with Gasteiger partial charge in [-0.25, -0.2) is 22.3 Å². The molecule has 3 rings (SSSR count). The molecule has 8 nitrogen and oxygen atoms in total. The van der Waals surface area contributed by atoms with Gasteiger partial charge in [-0.05, 0) is 55.5 Å². The summed E-state index contributed by atoms with van der Waals surface area (Å²) >= 11 is 0. The Morgan fingerprint density at radius 1 is 1.06 bits per heavy atom. The minimum Gasteiger partial charge on any atom is -0.468 e. The number of halogens is 1. The van der Waals surface area contributed by atoms with E-state index in [-0.39, 0.29) is 22.7 Å². The molecule has 162 valence electrons. The first-order valence-corrected chi connectivity index (χ1v) is 10.6. The number of hydrogen-bond acceptors (Lipinski definition) is 6. The summed E-state index contributed by atoms with van der Waals surface area (Å²) in [5.74, 6) is -1.71. The van der Waals surface area contributed by atoms with E-state index in [0.717, 1.165) is 0 Å². The molecule has 31 heavy (non-hydrogen) atoms. The van der Waals surface area contributed by atoms with Crippen LogP contribution < -0.4 is 10.0 Å². The molecule has 0 aliphatic carbocycles. The van der Waals surface area contributed by atoms with Gasteiger partial charge >= 0.3 is 5.97 Å². The monoisotopic (exact) mass is 446 g/mol. The number of benzene rings is 2. The van der Waals surface area contributed by atoms with Crippen molar-refractivity contribution in [2.24, 2.45) is 0 Å². The molecule has 0 unspecified atom stereocenters. The third-order valence-electron chi connectivity index (χ3n) is 4.20. The van der Waals surface area contributed by atoms with Gasteiger partial charge in [0.1, 0.15) is 11.6 Å². The molecule has 1 atom stereocenters. The van der Waals surface area contributed by atoms with E-state index in [1.54, 1.807) is 18.2 Å². The van der Waals surface area contributed by atoms with Crippen LogP contribution in [0.3, 0.4) is 0 Å². The van der Waals surface area contributed by atoms with Crippen molar-refractivity contribution in [3.8, 4) is 0 Å². The third-order valence-corrected chi connectivity index (χ3v) is 5.62. The van der Waals surface area contributed by atoms with Crippen LogP contribution >= 0.6 is 0 Å². The van der Waals surface area contributed by atoms with Crippen LogP contribution in [0.15, 0.2) is 76.2 Å². The summed E-state index contributed by atoms with van der Waals surface area (Å²) < 4.78 is 50.8. The van der Waals surface area contributed by atoms with Crippen LogP contribution in [0, 0.1) is 5.82 Å². The second kappa shape index (κ2) is 9.54. The molecular weight excluding hydrogens is 427 g/mol. The lowest BCUT2D eigenvalue weighted by Gasteiger charge is -2.14. The molecule has 1 aromatic heterocycles. The van der Waals surface area contributed by atoms with Gasteiger partial charge in [0.15, 0.2) is 6.10 Å². The molecular formula is C21H19FN2O6S. The van der Waals surface area contributed by atoms with Crippen LogP contribution in [0.2, 0.25) is 0 Å². The maximum Gasteiger partial charge on any atom is 0.338 e. The zero-order valence-corrected chi connectivity index (χ0v) is 17.2. The van der Waals surface area contributed by atoms with Gasteiger partial charge in [-0.15, -0.1) is 0 Å². The number of ether oxygens (including phenoxy) is 1. The van der Waals surface area contributed by atoms with Crippen molar-refractivity contribution >= 4 is 27.6 Å². The minimum atomic E-state index is -3.82. The highest BCUT2D eigenvalue weighted by Gasteiger charge is 2.21. The first-order chi connectivity index (χ1) is 14.8. The predicted octanol–water partition coefficient (Wildman–Crippen LogP) is 3.08. The number of hydrogen-bond donors (Lipinski definition) is 2. The fourth-order valence-corrected chi connectivity index (χ4v) is 3.51. The first-order valence-electron chi connectivity index (χ1n) is 9.15. The zero-order chi connectivity index (χ0) is 22.4. The fourth-order valence-electron chi connectivity index (χ4n) is 2.51. The lowest BCUT2D eigenvalue weighted by molar-refractivity contribution is -0.123. The molecule has 2 aromatic carbocycles. The average molecular weight is 446 g/mol. The van der Waals surface area contributed by atoms with Gasteiger partial charge in [0.05, 0.1) is 29.0 Å². The molecule has 0 fully saturated rings. The van der Waals surface area contributed by atoms with Crippen LogP contribution in [0.25, 0.3) is 0 Å². The number of carbonyl (C=O) groups is 2. The first kappa shape index (κ1) is 22.2. The minimum absolute atomic E-state index is 0.0201. The molecule has 3 aromatic rings. The Morgan fingerprint density at radius 3 is 2.42 bits per heavy atom. The summed E-state index contributed by atoms with van der Waals surface area (Å²) in [7, 11) is -3.82. The SMILES string of the molecule is C[C@H](OC(=O)c1ccc(S(=O)(=O)NCc2ccco2)cc1)C(=O)Nc1ccccc1F.